The van der Waals surface area contributed by atoms with Gasteiger partial charge in [0, 0.05) is 16.7 Å². The molecule has 0 N–H and O–H groups in total. The molecule has 0 spiro atoms. The van der Waals surface area contributed by atoms with E-state index in [1.807, 2.05) is 6.26 Å². The summed E-state index contributed by atoms with van der Waals surface area (Å²) < 4.78 is 44.3. The number of pyridine rings is 1. The molecular formula is C20H16F3N3O3S. The van der Waals surface area contributed by atoms with Crippen molar-refractivity contribution in [3.8, 4) is 5.82 Å². The Labute approximate surface area is 174 Å². The number of nitrogens with zero attached hydrogens (tertiary/aromatic N) is 3. The molecule has 10 heteroatoms. The molecule has 0 saturated carbocycles. The number of ether oxygens (including phenoxy) is 1. The number of Topliss-reactive ketones (excluding diaryl/α,β-unsaturated/α-hetero) is 1. The first-order valence-corrected chi connectivity index (χ1v) is 9.86. The van der Waals surface area contributed by atoms with Gasteiger partial charge in [0.25, 0.3) is 0 Å². The van der Waals surface area contributed by atoms with Crippen molar-refractivity contribution in [2.24, 2.45) is 0 Å². The average molecular weight is 435 g/mol. The Morgan fingerprint density at radius 2 is 1.80 bits per heavy atom. The van der Waals surface area contributed by atoms with Gasteiger partial charge in [-0.05, 0) is 37.4 Å². The van der Waals surface area contributed by atoms with Crippen LogP contribution in [0.5, 0.6) is 0 Å². The molecule has 1 aromatic carbocycles. The summed E-state index contributed by atoms with van der Waals surface area (Å²) in [6, 6.07) is 8.93. The quantitative estimate of drug-likeness (QED) is 0.326. The lowest BCUT2D eigenvalue weighted by Crippen LogP contribution is -2.15. The molecule has 3 aromatic rings. The van der Waals surface area contributed by atoms with Crippen LogP contribution in [0.1, 0.15) is 32.0 Å². The van der Waals surface area contributed by atoms with Crippen LogP contribution in [0.15, 0.2) is 53.7 Å². The minimum Gasteiger partial charge on any atom is -0.454 e. The molecule has 2 aromatic heterocycles. The molecule has 0 bridgehead atoms. The number of ketones is 1. The second-order valence-electron chi connectivity index (χ2n) is 6.19. The number of aromatic nitrogens is 3. The molecule has 2 heterocycles. The summed E-state index contributed by atoms with van der Waals surface area (Å²) in [4.78, 5) is 29.3. The lowest BCUT2D eigenvalue weighted by molar-refractivity contribution is -0.137. The van der Waals surface area contributed by atoms with E-state index in [0.29, 0.717) is 17.5 Å². The molecule has 0 aliphatic carbocycles. The van der Waals surface area contributed by atoms with E-state index >= 15 is 0 Å². The Hall–Kier alpha value is -3.14. The van der Waals surface area contributed by atoms with E-state index in [0.717, 1.165) is 17.0 Å². The Morgan fingerprint density at radius 3 is 2.37 bits per heavy atom. The van der Waals surface area contributed by atoms with Crippen LogP contribution in [0.25, 0.3) is 5.82 Å². The predicted molar refractivity (Wildman–Crippen MR) is 104 cm³/mol. The van der Waals surface area contributed by atoms with Crippen LogP contribution in [-0.4, -0.2) is 39.4 Å². The molecule has 3 rings (SSSR count). The fourth-order valence-corrected chi connectivity index (χ4v) is 3.00. The van der Waals surface area contributed by atoms with E-state index < -0.39 is 24.3 Å². The number of esters is 1. The zero-order valence-electron chi connectivity index (χ0n) is 15.9. The highest BCUT2D eigenvalue weighted by molar-refractivity contribution is 7.98. The van der Waals surface area contributed by atoms with Gasteiger partial charge < -0.3 is 4.74 Å². The minimum atomic E-state index is -4.50. The second-order valence-corrected chi connectivity index (χ2v) is 7.07. The third-order valence-corrected chi connectivity index (χ3v) is 5.01. The van der Waals surface area contributed by atoms with Crippen molar-refractivity contribution in [2.45, 2.75) is 18.0 Å². The molecule has 0 radical (unpaired) electrons. The third kappa shape index (κ3) is 4.70. The monoisotopic (exact) mass is 435 g/mol. The molecule has 30 heavy (non-hydrogen) atoms. The molecule has 0 aliphatic rings. The van der Waals surface area contributed by atoms with E-state index in [9.17, 15) is 22.8 Å². The molecule has 6 nitrogen and oxygen atoms in total. The number of alkyl halides is 3. The van der Waals surface area contributed by atoms with Gasteiger partial charge in [0.15, 0.2) is 18.2 Å². The van der Waals surface area contributed by atoms with Gasteiger partial charge >= 0.3 is 12.1 Å². The Balaban J connectivity index is 1.68. The summed E-state index contributed by atoms with van der Waals surface area (Å²) in [7, 11) is 0. The molecule has 0 saturated heterocycles. The highest BCUT2D eigenvalue weighted by Crippen LogP contribution is 2.28. The number of rotatable bonds is 6. The van der Waals surface area contributed by atoms with E-state index in [4.69, 9.17) is 4.74 Å². The summed E-state index contributed by atoms with van der Waals surface area (Å²) in [5.41, 5.74) is -0.0620. The van der Waals surface area contributed by atoms with E-state index in [1.165, 1.54) is 10.9 Å². The maximum Gasteiger partial charge on any atom is 0.417 e. The van der Waals surface area contributed by atoms with Crippen LogP contribution in [-0.2, 0) is 10.9 Å². The van der Waals surface area contributed by atoms with Gasteiger partial charge in [-0.15, -0.1) is 11.8 Å². The number of carbonyl (C=O) groups excluding carboxylic acids is 2. The number of carbonyl (C=O) groups is 2. The van der Waals surface area contributed by atoms with Crippen molar-refractivity contribution in [1.29, 1.82) is 0 Å². The van der Waals surface area contributed by atoms with Crippen LogP contribution in [0.2, 0.25) is 0 Å². The number of thioether (sulfide) groups is 1. The lowest BCUT2D eigenvalue weighted by Gasteiger charge is -2.08. The highest BCUT2D eigenvalue weighted by Gasteiger charge is 2.31. The topological polar surface area (TPSA) is 74.1 Å². The van der Waals surface area contributed by atoms with Gasteiger partial charge in [-0.3, -0.25) is 4.79 Å². The number of halogens is 3. The molecule has 0 aliphatic heterocycles. The minimum absolute atomic E-state index is 0.0854. The Morgan fingerprint density at radius 1 is 1.10 bits per heavy atom. The first-order valence-electron chi connectivity index (χ1n) is 8.63. The molecule has 0 atom stereocenters. The SMILES string of the molecule is CSc1ccc(C(=O)COC(=O)c2cnn(-c3ccc(C(F)(F)F)cn3)c2C)cc1. The van der Waals surface area contributed by atoms with E-state index in [2.05, 4.69) is 10.1 Å². The van der Waals surface area contributed by atoms with Gasteiger partial charge in [0.05, 0.1) is 17.5 Å². The van der Waals surface area contributed by atoms with Crippen molar-refractivity contribution in [3.63, 3.8) is 0 Å². The second kappa shape index (κ2) is 8.70. The van der Waals surface area contributed by atoms with Gasteiger partial charge in [0.1, 0.15) is 5.56 Å². The summed E-state index contributed by atoms with van der Waals surface area (Å²) in [5.74, 6) is -1.00. The fourth-order valence-electron chi connectivity index (χ4n) is 2.59. The Kier molecular flexibility index (Phi) is 6.25. The van der Waals surface area contributed by atoms with Crippen LogP contribution in [0, 0.1) is 6.92 Å². The third-order valence-electron chi connectivity index (χ3n) is 4.27. The number of hydrogen-bond acceptors (Lipinski definition) is 6. The smallest absolute Gasteiger partial charge is 0.417 e. The summed E-state index contributed by atoms with van der Waals surface area (Å²) in [5, 5.41) is 3.99. The number of hydrogen-bond donors (Lipinski definition) is 0. The maximum absolute atomic E-state index is 12.7. The molecule has 0 unspecified atom stereocenters. The van der Waals surface area contributed by atoms with E-state index in [1.54, 1.807) is 43.0 Å². The lowest BCUT2D eigenvalue weighted by atomic mass is 10.1. The largest absolute Gasteiger partial charge is 0.454 e. The highest BCUT2D eigenvalue weighted by atomic mass is 32.2. The van der Waals surface area contributed by atoms with Crippen molar-refractivity contribution in [2.75, 3.05) is 12.9 Å². The number of benzene rings is 1. The van der Waals surface area contributed by atoms with Crippen molar-refractivity contribution in [1.82, 2.24) is 14.8 Å². The van der Waals surface area contributed by atoms with Crippen LogP contribution in [0.4, 0.5) is 13.2 Å². The van der Waals surface area contributed by atoms with Crippen LogP contribution in [0.3, 0.4) is 0 Å². The molecule has 156 valence electrons. The summed E-state index contributed by atoms with van der Waals surface area (Å²) in [6.45, 7) is 1.10. The van der Waals surface area contributed by atoms with Crippen LogP contribution >= 0.6 is 11.8 Å². The van der Waals surface area contributed by atoms with Crippen molar-refractivity contribution < 1.29 is 27.5 Å². The maximum atomic E-state index is 12.7. The first kappa shape index (κ1) is 21.6. The molecule has 0 amide bonds. The molecule has 0 fully saturated rings. The molecular weight excluding hydrogens is 419 g/mol. The normalized spacial score (nSPS) is 11.4. The van der Waals surface area contributed by atoms with Gasteiger partial charge in [0.2, 0.25) is 0 Å². The average Bonchev–Trinajstić information content (AvgIpc) is 3.12. The van der Waals surface area contributed by atoms with Gasteiger partial charge in [-0.2, -0.15) is 18.3 Å². The Bertz CT molecular complexity index is 1060. The van der Waals surface area contributed by atoms with Crippen molar-refractivity contribution in [3.05, 3.63) is 71.2 Å². The van der Waals surface area contributed by atoms with E-state index in [-0.39, 0.29) is 17.2 Å². The van der Waals surface area contributed by atoms with Crippen LogP contribution < -0.4 is 0 Å². The zero-order chi connectivity index (χ0) is 21.9. The fraction of sp³-hybridized carbons (Fsp3) is 0.200. The van der Waals surface area contributed by atoms with Crippen molar-refractivity contribution >= 4 is 23.5 Å². The summed E-state index contributed by atoms with van der Waals surface area (Å²) in [6.07, 6.45) is -0.673. The van der Waals surface area contributed by atoms with Gasteiger partial charge in [-0.1, -0.05) is 12.1 Å². The zero-order valence-corrected chi connectivity index (χ0v) is 16.8. The van der Waals surface area contributed by atoms with Gasteiger partial charge in [-0.25, -0.2) is 14.5 Å². The first-order chi connectivity index (χ1) is 14.2. The standard InChI is InChI=1S/C20H16F3N3O3S/c1-12-16(10-25-26(12)18-8-5-14(9-24-18)20(21,22)23)19(28)29-11-17(27)13-3-6-15(30-2)7-4-13/h3-10H,11H2,1-2H3. The predicted octanol–water partition coefficient (Wildman–Crippen LogP) is 4.36. The summed E-state index contributed by atoms with van der Waals surface area (Å²) >= 11 is 1.54.